The first-order valence-electron chi connectivity index (χ1n) is 47.2. The predicted molar refractivity (Wildman–Crippen MR) is 460 cm³/mol. The van der Waals surface area contributed by atoms with E-state index in [1.54, 1.807) is 0 Å². The lowest BCUT2D eigenvalue weighted by Crippen LogP contribution is -2.30. The van der Waals surface area contributed by atoms with E-state index in [0.29, 0.717) is 31.6 Å². The maximum absolute atomic E-state index is 13.2. The quantitative estimate of drug-likeness (QED) is 0.0222. The summed E-state index contributed by atoms with van der Waals surface area (Å²) in [6.45, 7) is 14.4. The number of phosphoric acid groups is 2. The van der Waals surface area contributed by atoms with Gasteiger partial charge in [0.1, 0.15) is 19.3 Å². The van der Waals surface area contributed by atoms with E-state index >= 15 is 0 Å². The van der Waals surface area contributed by atoms with E-state index in [-0.39, 0.29) is 25.7 Å². The minimum Gasteiger partial charge on any atom is -0.462 e. The Bertz CT molecular complexity index is 2150. The zero-order valence-electron chi connectivity index (χ0n) is 73.6. The third-order valence-corrected chi connectivity index (χ3v) is 23.8. The normalized spacial score (nSPS) is 14.1. The molecule has 0 rings (SSSR count). The third-order valence-electron chi connectivity index (χ3n) is 21.9. The molecule has 0 amide bonds. The zero-order chi connectivity index (χ0) is 81.6. The van der Waals surface area contributed by atoms with Crippen LogP contribution in [0.25, 0.3) is 0 Å². The largest absolute Gasteiger partial charge is 0.472 e. The monoisotopic (exact) mass is 1620 g/mol. The summed E-state index contributed by atoms with van der Waals surface area (Å²) in [6, 6.07) is 0. The number of carbonyl (C=O) groups is 4. The summed E-state index contributed by atoms with van der Waals surface area (Å²) in [6.07, 6.45) is 72.5. The molecule has 17 nitrogen and oxygen atoms in total. The summed E-state index contributed by atoms with van der Waals surface area (Å²) in [5.74, 6) is 1.08. The van der Waals surface area contributed by atoms with Gasteiger partial charge in [0.25, 0.3) is 0 Å². The van der Waals surface area contributed by atoms with Crippen LogP contribution in [0.15, 0.2) is 0 Å². The van der Waals surface area contributed by atoms with Gasteiger partial charge in [0.2, 0.25) is 0 Å². The molecule has 0 fully saturated rings. The fraction of sp³-hybridized carbons (Fsp3) is 0.957. The molecular formula is C92H180O17P2. The number of unbranched alkanes of at least 4 members (excludes halogenated alkanes) is 54. The van der Waals surface area contributed by atoms with Crippen molar-refractivity contribution in [3.63, 3.8) is 0 Å². The topological polar surface area (TPSA) is 237 Å². The molecule has 0 radical (unpaired) electrons. The van der Waals surface area contributed by atoms with Crippen molar-refractivity contribution in [3.05, 3.63) is 0 Å². The van der Waals surface area contributed by atoms with Crippen LogP contribution < -0.4 is 0 Å². The first-order valence-corrected chi connectivity index (χ1v) is 50.2. The van der Waals surface area contributed by atoms with E-state index in [2.05, 4.69) is 55.4 Å². The number of hydrogen-bond acceptors (Lipinski definition) is 15. The molecule has 0 heterocycles. The number of aliphatic hydroxyl groups is 1. The Hall–Kier alpha value is -1.94. The third kappa shape index (κ3) is 84.3. The van der Waals surface area contributed by atoms with Gasteiger partial charge in [0.05, 0.1) is 26.4 Å². The number of esters is 4. The SMILES string of the molecule is CCC(C)CCCCCCCCCCCCCCCCCCCCC(=O)O[C@H](COC(=O)CCCCCCCCC(C)C)COP(=O)(O)OC[C@H](O)COP(=O)(O)OC[C@@H](COC(=O)CCCCCCCCCCCCCCCCCCCCC(C)C)OC(=O)CCCCCCCCCCCCCCCCCCC(C)C. The Morgan fingerprint density at radius 1 is 0.252 bits per heavy atom. The van der Waals surface area contributed by atoms with Crippen LogP contribution in [0.4, 0.5) is 0 Å². The molecule has 3 N–H and O–H groups in total. The van der Waals surface area contributed by atoms with Crippen LogP contribution in [-0.2, 0) is 65.4 Å². The Kier molecular flexibility index (Phi) is 79.1. The molecule has 0 aliphatic carbocycles. The molecule has 0 aromatic heterocycles. The summed E-state index contributed by atoms with van der Waals surface area (Å²) < 4.78 is 69.0. The second kappa shape index (κ2) is 80.5. The highest BCUT2D eigenvalue weighted by atomic mass is 31.2. The van der Waals surface area contributed by atoms with Crippen molar-refractivity contribution in [2.45, 2.75) is 504 Å². The molecule has 0 spiro atoms. The zero-order valence-corrected chi connectivity index (χ0v) is 75.4. The van der Waals surface area contributed by atoms with Crippen molar-refractivity contribution in [2.75, 3.05) is 39.6 Å². The van der Waals surface area contributed by atoms with Gasteiger partial charge in [-0.15, -0.1) is 0 Å². The van der Waals surface area contributed by atoms with E-state index in [1.807, 2.05) is 0 Å². The van der Waals surface area contributed by atoms with Gasteiger partial charge in [-0.05, 0) is 49.4 Å². The van der Waals surface area contributed by atoms with Gasteiger partial charge >= 0.3 is 39.5 Å². The van der Waals surface area contributed by atoms with Crippen LogP contribution in [0.5, 0.6) is 0 Å². The average Bonchev–Trinajstić information content (AvgIpc) is 0.886. The van der Waals surface area contributed by atoms with E-state index in [1.165, 1.54) is 283 Å². The number of rotatable bonds is 89. The Morgan fingerprint density at radius 2 is 0.432 bits per heavy atom. The van der Waals surface area contributed by atoms with E-state index in [0.717, 1.165) is 114 Å². The highest BCUT2D eigenvalue weighted by Crippen LogP contribution is 2.45. The smallest absolute Gasteiger partial charge is 0.462 e. The van der Waals surface area contributed by atoms with Crippen LogP contribution in [0.3, 0.4) is 0 Å². The minimum absolute atomic E-state index is 0.107. The maximum Gasteiger partial charge on any atom is 0.472 e. The molecule has 0 aliphatic rings. The molecule has 3 unspecified atom stereocenters. The number of ether oxygens (including phenoxy) is 4. The molecule has 0 saturated heterocycles. The molecule has 19 heteroatoms. The second-order valence-corrected chi connectivity index (χ2v) is 37.6. The van der Waals surface area contributed by atoms with Crippen molar-refractivity contribution in [1.29, 1.82) is 0 Å². The summed E-state index contributed by atoms with van der Waals surface area (Å²) in [7, 11) is -9.94. The van der Waals surface area contributed by atoms with Crippen molar-refractivity contribution < 1.29 is 80.2 Å². The lowest BCUT2D eigenvalue weighted by molar-refractivity contribution is -0.161. The molecule has 0 aromatic rings. The molecule has 0 aliphatic heterocycles. The van der Waals surface area contributed by atoms with Crippen LogP contribution in [0.1, 0.15) is 486 Å². The fourth-order valence-corrected chi connectivity index (χ4v) is 15.9. The van der Waals surface area contributed by atoms with E-state index < -0.39 is 97.5 Å². The number of carbonyl (C=O) groups excluding carboxylic acids is 4. The summed E-state index contributed by atoms with van der Waals surface area (Å²) in [5, 5.41) is 10.7. The molecule has 0 saturated carbocycles. The van der Waals surface area contributed by atoms with Gasteiger partial charge in [-0.3, -0.25) is 37.3 Å². The Balaban J connectivity index is 5.18. The van der Waals surface area contributed by atoms with Crippen LogP contribution >= 0.6 is 15.6 Å². The van der Waals surface area contributed by atoms with Crippen molar-refractivity contribution in [2.24, 2.45) is 23.7 Å². The summed E-state index contributed by atoms with van der Waals surface area (Å²) in [5.41, 5.74) is 0. The highest BCUT2D eigenvalue weighted by molar-refractivity contribution is 7.47. The Morgan fingerprint density at radius 3 is 0.640 bits per heavy atom. The molecule has 660 valence electrons. The van der Waals surface area contributed by atoms with E-state index in [4.69, 9.17) is 37.0 Å². The molecule has 0 aromatic carbocycles. The van der Waals surface area contributed by atoms with Crippen molar-refractivity contribution >= 4 is 39.5 Å². The molecule has 6 atom stereocenters. The maximum atomic E-state index is 13.2. The van der Waals surface area contributed by atoms with Gasteiger partial charge in [0.15, 0.2) is 12.2 Å². The van der Waals surface area contributed by atoms with Gasteiger partial charge < -0.3 is 33.8 Å². The Labute approximate surface area is 683 Å². The first kappa shape index (κ1) is 109. The number of phosphoric ester groups is 2. The van der Waals surface area contributed by atoms with Crippen molar-refractivity contribution in [3.8, 4) is 0 Å². The molecule has 0 bridgehead atoms. The second-order valence-electron chi connectivity index (χ2n) is 34.7. The lowest BCUT2D eigenvalue weighted by atomic mass is 9.99. The van der Waals surface area contributed by atoms with Crippen molar-refractivity contribution in [1.82, 2.24) is 0 Å². The molecule has 111 heavy (non-hydrogen) atoms. The van der Waals surface area contributed by atoms with Gasteiger partial charge in [-0.1, -0.05) is 434 Å². The van der Waals surface area contributed by atoms with Gasteiger partial charge in [-0.2, -0.15) is 0 Å². The number of hydrogen-bond donors (Lipinski definition) is 3. The highest BCUT2D eigenvalue weighted by Gasteiger charge is 2.31. The first-order chi connectivity index (χ1) is 53.6. The van der Waals surface area contributed by atoms with Crippen LogP contribution in [-0.4, -0.2) is 96.7 Å². The lowest BCUT2D eigenvalue weighted by Gasteiger charge is -2.21. The summed E-state index contributed by atoms with van der Waals surface area (Å²) >= 11 is 0. The van der Waals surface area contributed by atoms with Gasteiger partial charge in [-0.25, -0.2) is 9.13 Å². The van der Waals surface area contributed by atoms with Gasteiger partial charge in [0, 0.05) is 25.7 Å². The number of aliphatic hydroxyl groups excluding tert-OH is 1. The fourth-order valence-electron chi connectivity index (χ4n) is 14.3. The molecular weight excluding hydrogens is 1440 g/mol. The average molecular weight is 1620 g/mol. The predicted octanol–water partition coefficient (Wildman–Crippen LogP) is 28.3. The van der Waals surface area contributed by atoms with Crippen LogP contribution in [0.2, 0.25) is 0 Å². The van der Waals surface area contributed by atoms with E-state index in [9.17, 15) is 43.2 Å². The standard InChI is InChI=1S/C92H180O17P2/c1-9-85(8)71-63-55-46-40-34-28-22-15-11-13-17-24-30-36-42-48-58-67-75-92(97)109-88(79-103-90(95)73-65-57-51-50-54-62-70-84(6)7)81-107-111(100,101)105-77-86(93)76-104-110(98,99)106-80-87(108-91(96)74-66-59-49-43-37-31-25-19-18-21-27-33-39-45-53-61-69-83(4)5)78-102-89(94)72-64-56-47-41-35-29-23-16-12-10-14-20-26-32-38-44-52-60-68-82(2)3/h82-88,93H,9-81H2,1-8H3,(H,98,99)(H,100,101)/t85?,86-,87-,88-/m1/s1. The summed E-state index contributed by atoms with van der Waals surface area (Å²) in [4.78, 5) is 73.4. The van der Waals surface area contributed by atoms with Crippen LogP contribution in [0, 0.1) is 23.7 Å². The minimum atomic E-state index is -4.97.